The molecule has 0 heterocycles. The van der Waals surface area contributed by atoms with Crippen molar-refractivity contribution in [2.24, 2.45) is 0 Å². The van der Waals surface area contributed by atoms with E-state index in [9.17, 15) is 14.4 Å². The minimum Gasteiger partial charge on any atom is -0.376 e. The lowest BCUT2D eigenvalue weighted by Gasteiger charge is -2.12. The van der Waals surface area contributed by atoms with Crippen LogP contribution in [0.1, 0.15) is 42.6 Å². The first kappa shape index (κ1) is 17.8. The van der Waals surface area contributed by atoms with Crippen LogP contribution < -0.4 is 21.3 Å². The van der Waals surface area contributed by atoms with Crippen LogP contribution in [-0.2, 0) is 4.79 Å². The van der Waals surface area contributed by atoms with Crippen molar-refractivity contribution in [1.82, 2.24) is 16.0 Å². The molecule has 1 aliphatic rings. The van der Waals surface area contributed by atoms with Gasteiger partial charge in [0.05, 0.1) is 6.54 Å². The molecule has 4 amide bonds. The Labute approximate surface area is 141 Å². The van der Waals surface area contributed by atoms with Gasteiger partial charge in [-0.25, -0.2) is 4.79 Å². The molecule has 2 rings (SSSR count). The van der Waals surface area contributed by atoms with Crippen molar-refractivity contribution in [1.29, 1.82) is 0 Å². The van der Waals surface area contributed by atoms with Crippen LogP contribution in [0.15, 0.2) is 18.2 Å². The first-order valence-electron chi connectivity index (χ1n) is 8.11. The van der Waals surface area contributed by atoms with E-state index in [1.807, 2.05) is 20.8 Å². The van der Waals surface area contributed by atoms with Gasteiger partial charge in [0.2, 0.25) is 5.91 Å². The fraction of sp³-hybridized carbons (Fsp3) is 0.471. The smallest absolute Gasteiger partial charge is 0.321 e. The van der Waals surface area contributed by atoms with E-state index in [1.54, 1.807) is 18.2 Å². The maximum atomic E-state index is 12.0. The first-order chi connectivity index (χ1) is 11.3. The van der Waals surface area contributed by atoms with Gasteiger partial charge in [0.25, 0.3) is 5.91 Å². The molecule has 0 aliphatic heterocycles. The van der Waals surface area contributed by atoms with E-state index in [0.717, 1.165) is 24.1 Å². The van der Waals surface area contributed by atoms with Gasteiger partial charge in [0.1, 0.15) is 0 Å². The van der Waals surface area contributed by atoms with Crippen LogP contribution in [0.3, 0.4) is 0 Å². The van der Waals surface area contributed by atoms with Crippen molar-refractivity contribution in [3.05, 3.63) is 29.3 Å². The molecule has 1 aliphatic carbocycles. The fourth-order valence-electron chi connectivity index (χ4n) is 2.14. The molecule has 7 heteroatoms. The lowest BCUT2D eigenvalue weighted by atomic mass is 10.1. The second kappa shape index (κ2) is 7.81. The standard InChI is InChI=1S/C17H24N4O3/c1-10(2)19-16(23)12-4-7-14(11(3)8-12)18-9-15(22)21-17(24)20-13-5-6-13/h4,7-8,10,13,18H,5-6,9H2,1-3H3,(H,19,23)(H2,20,21,22,24). The van der Waals surface area contributed by atoms with Crippen LogP contribution >= 0.6 is 0 Å². The van der Waals surface area contributed by atoms with Crippen molar-refractivity contribution in [2.75, 3.05) is 11.9 Å². The van der Waals surface area contributed by atoms with Crippen LogP contribution in [0.2, 0.25) is 0 Å². The Morgan fingerprint density at radius 2 is 1.92 bits per heavy atom. The van der Waals surface area contributed by atoms with Crippen molar-refractivity contribution in [3.8, 4) is 0 Å². The molecule has 24 heavy (non-hydrogen) atoms. The summed E-state index contributed by atoms with van der Waals surface area (Å²) in [5, 5.41) is 10.8. The van der Waals surface area contributed by atoms with Crippen molar-refractivity contribution >= 4 is 23.5 Å². The summed E-state index contributed by atoms with van der Waals surface area (Å²) in [7, 11) is 0. The highest BCUT2D eigenvalue weighted by atomic mass is 16.2. The summed E-state index contributed by atoms with van der Waals surface area (Å²) in [6.07, 6.45) is 1.94. The number of amides is 4. The molecule has 130 valence electrons. The number of carbonyl (C=O) groups excluding carboxylic acids is 3. The van der Waals surface area contributed by atoms with E-state index in [4.69, 9.17) is 0 Å². The minimum atomic E-state index is -0.457. The number of rotatable bonds is 6. The van der Waals surface area contributed by atoms with E-state index < -0.39 is 11.9 Å². The van der Waals surface area contributed by atoms with Crippen molar-refractivity contribution in [2.45, 2.75) is 45.7 Å². The highest BCUT2D eigenvalue weighted by Gasteiger charge is 2.23. The lowest BCUT2D eigenvalue weighted by Crippen LogP contribution is -2.42. The number of anilines is 1. The number of imide groups is 1. The zero-order valence-corrected chi connectivity index (χ0v) is 14.2. The summed E-state index contributed by atoms with van der Waals surface area (Å²) >= 11 is 0. The number of aryl methyl sites for hydroxylation is 1. The molecule has 0 unspecified atom stereocenters. The molecule has 1 saturated carbocycles. The zero-order valence-electron chi connectivity index (χ0n) is 14.2. The van der Waals surface area contributed by atoms with Crippen LogP contribution in [0, 0.1) is 6.92 Å². The number of nitrogens with one attached hydrogen (secondary N) is 4. The third kappa shape index (κ3) is 5.57. The maximum Gasteiger partial charge on any atom is 0.321 e. The van der Waals surface area contributed by atoms with Gasteiger partial charge in [-0.3, -0.25) is 14.9 Å². The first-order valence-corrected chi connectivity index (χ1v) is 8.11. The molecule has 4 N–H and O–H groups in total. The van der Waals surface area contributed by atoms with Gasteiger partial charge in [-0.1, -0.05) is 0 Å². The number of hydrogen-bond acceptors (Lipinski definition) is 4. The van der Waals surface area contributed by atoms with E-state index in [1.165, 1.54) is 0 Å². The second-order valence-electron chi connectivity index (χ2n) is 6.31. The predicted molar refractivity (Wildman–Crippen MR) is 92.0 cm³/mol. The topological polar surface area (TPSA) is 99.3 Å². The maximum absolute atomic E-state index is 12.0. The molecular weight excluding hydrogens is 308 g/mol. The summed E-state index contributed by atoms with van der Waals surface area (Å²) in [5.74, 6) is -0.539. The Morgan fingerprint density at radius 1 is 1.21 bits per heavy atom. The third-order valence-corrected chi connectivity index (χ3v) is 3.51. The highest BCUT2D eigenvalue weighted by Crippen LogP contribution is 2.18. The van der Waals surface area contributed by atoms with Gasteiger partial charge in [0, 0.05) is 23.3 Å². The lowest BCUT2D eigenvalue weighted by molar-refractivity contribution is -0.118. The van der Waals surface area contributed by atoms with E-state index in [2.05, 4.69) is 21.3 Å². The van der Waals surface area contributed by atoms with Crippen LogP contribution in [0.5, 0.6) is 0 Å². The molecular formula is C17H24N4O3. The van der Waals surface area contributed by atoms with Crippen molar-refractivity contribution in [3.63, 3.8) is 0 Å². The molecule has 0 atom stereocenters. The van der Waals surface area contributed by atoms with Crippen LogP contribution in [0.25, 0.3) is 0 Å². The summed E-state index contributed by atoms with van der Waals surface area (Å²) in [6, 6.07) is 5.03. The quantitative estimate of drug-likeness (QED) is 0.635. The molecule has 0 spiro atoms. The van der Waals surface area contributed by atoms with E-state index >= 15 is 0 Å². The van der Waals surface area contributed by atoms with Gasteiger partial charge < -0.3 is 16.0 Å². The van der Waals surface area contributed by atoms with Crippen LogP contribution in [-0.4, -0.2) is 36.5 Å². The third-order valence-electron chi connectivity index (χ3n) is 3.51. The van der Waals surface area contributed by atoms with Gasteiger partial charge >= 0.3 is 6.03 Å². The van der Waals surface area contributed by atoms with E-state index in [0.29, 0.717) is 5.56 Å². The van der Waals surface area contributed by atoms with Crippen LogP contribution in [0.4, 0.5) is 10.5 Å². The summed E-state index contributed by atoms with van der Waals surface area (Å²) in [5.41, 5.74) is 2.16. The molecule has 0 saturated heterocycles. The number of benzene rings is 1. The Balaban J connectivity index is 1.84. The molecule has 1 aromatic rings. The monoisotopic (exact) mass is 332 g/mol. The van der Waals surface area contributed by atoms with Gasteiger partial charge in [0.15, 0.2) is 0 Å². The Kier molecular flexibility index (Phi) is 5.78. The molecule has 0 aromatic heterocycles. The molecule has 0 radical (unpaired) electrons. The molecule has 0 bridgehead atoms. The highest BCUT2D eigenvalue weighted by molar-refractivity contribution is 5.97. The Bertz CT molecular complexity index is 639. The summed E-state index contributed by atoms with van der Waals surface area (Å²) in [4.78, 5) is 35.2. The average Bonchev–Trinajstić information content (AvgIpc) is 3.28. The minimum absolute atomic E-state index is 0.0174. The molecule has 7 nitrogen and oxygen atoms in total. The summed E-state index contributed by atoms with van der Waals surface area (Å²) < 4.78 is 0. The zero-order chi connectivity index (χ0) is 17.7. The number of carbonyl (C=O) groups is 3. The SMILES string of the molecule is Cc1cc(C(=O)NC(C)C)ccc1NCC(=O)NC(=O)NC1CC1. The predicted octanol–water partition coefficient (Wildman–Crippen LogP) is 1.53. The fourth-order valence-corrected chi connectivity index (χ4v) is 2.14. The van der Waals surface area contributed by atoms with Gasteiger partial charge in [-0.2, -0.15) is 0 Å². The Hall–Kier alpha value is -2.57. The van der Waals surface area contributed by atoms with Gasteiger partial charge in [-0.15, -0.1) is 0 Å². The average molecular weight is 332 g/mol. The van der Waals surface area contributed by atoms with Crippen molar-refractivity contribution < 1.29 is 14.4 Å². The van der Waals surface area contributed by atoms with Gasteiger partial charge in [-0.05, 0) is 57.4 Å². The molecule has 1 fully saturated rings. The molecule has 1 aromatic carbocycles. The number of hydrogen-bond donors (Lipinski definition) is 4. The number of urea groups is 1. The summed E-state index contributed by atoms with van der Waals surface area (Å²) in [6.45, 7) is 5.64. The normalized spacial score (nSPS) is 13.3. The Morgan fingerprint density at radius 3 is 2.50 bits per heavy atom. The van der Waals surface area contributed by atoms with E-state index in [-0.39, 0.29) is 24.5 Å². The second-order valence-corrected chi connectivity index (χ2v) is 6.31. The largest absolute Gasteiger partial charge is 0.376 e.